The summed E-state index contributed by atoms with van der Waals surface area (Å²) in [4.78, 5) is 28.1. The fourth-order valence-corrected chi connectivity index (χ4v) is 6.08. The number of nitrogens with two attached hydrogens (primary N) is 1. The van der Waals surface area contributed by atoms with Crippen molar-refractivity contribution in [3.63, 3.8) is 0 Å². The molecule has 0 bridgehead atoms. The Kier molecular flexibility index (Phi) is 10.8. The summed E-state index contributed by atoms with van der Waals surface area (Å²) in [7, 11) is -1.66. The number of nitrogen functional groups attached to an aromatic ring is 1. The third-order valence-corrected chi connectivity index (χ3v) is 8.30. The number of anilines is 1. The number of benzene rings is 1. The lowest BCUT2D eigenvalue weighted by Gasteiger charge is -2.20. The third-order valence-electron chi connectivity index (χ3n) is 5.59. The topological polar surface area (TPSA) is 138 Å². The van der Waals surface area contributed by atoms with Crippen LogP contribution in [0.3, 0.4) is 0 Å². The Labute approximate surface area is 210 Å². The molecule has 2 aromatic rings. The second kappa shape index (κ2) is 13.8. The molecule has 0 spiro atoms. The number of para-hydroxylation sites is 1. The lowest BCUT2D eigenvalue weighted by molar-refractivity contribution is -0.143. The van der Waals surface area contributed by atoms with Gasteiger partial charge in [0.1, 0.15) is 23.5 Å². The number of nitrogens with one attached hydrogen (secondary N) is 1. The SMILES string of the molecule is CCC(CC)COC(=O)CNP(OCC1CC(O)C(n2ccc(N)nc2=O)S1)Oc1ccccc1. The summed E-state index contributed by atoms with van der Waals surface area (Å²) in [6, 6.07) is 10.7. The molecule has 1 aromatic carbocycles. The molecule has 1 aliphatic rings. The van der Waals surface area contributed by atoms with Crippen LogP contribution in [0.2, 0.25) is 0 Å². The van der Waals surface area contributed by atoms with Gasteiger partial charge in [-0.3, -0.25) is 9.36 Å². The van der Waals surface area contributed by atoms with Crippen LogP contribution in [0.15, 0.2) is 47.4 Å². The smallest absolute Gasteiger partial charge is 0.350 e. The van der Waals surface area contributed by atoms with Crippen molar-refractivity contribution in [2.75, 3.05) is 25.5 Å². The zero-order chi connectivity index (χ0) is 25.2. The lowest BCUT2D eigenvalue weighted by atomic mass is 10.1. The predicted molar refractivity (Wildman–Crippen MR) is 137 cm³/mol. The zero-order valence-electron chi connectivity index (χ0n) is 19.9. The van der Waals surface area contributed by atoms with Crippen molar-refractivity contribution < 1.29 is 23.7 Å². The molecule has 192 valence electrons. The second-order valence-electron chi connectivity index (χ2n) is 8.15. The first-order chi connectivity index (χ1) is 16.9. The molecule has 1 aliphatic heterocycles. The molecule has 3 rings (SSSR count). The number of carbonyl (C=O) groups is 1. The van der Waals surface area contributed by atoms with Crippen LogP contribution >= 0.6 is 20.3 Å². The van der Waals surface area contributed by atoms with Gasteiger partial charge in [0, 0.05) is 11.4 Å². The molecular weight excluding hydrogens is 491 g/mol. The van der Waals surface area contributed by atoms with E-state index >= 15 is 0 Å². The van der Waals surface area contributed by atoms with E-state index in [0.29, 0.717) is 24.7 Å². The number of hydrogen-bond donors (Lipinski definition) is 3. The Hall–Kier alpha value is -2.17. The molecule has 4 N–H and O–H groups in total. The number of esters is 1. The summed E-state index contributed by atoms with van der Waals surface area (Å²) in [6.45, 7) is 4.74. The number of thioether (sulfide) groups is 1. The fourth-order valence-electron chi connectivity index (χ4n) is 3.45. The number of aliphatic hydroxyl groups is 1. The summed E-state index contributed by atoms with van der Waals surface area (Å²) in [5.74, 6) is 0.718. The van der Waals surface area contributed by atoms with Gasteiger partial charge in [-0.15, -0.1) is 11.8 Å². The molecule has 0 amide bonds. The van der Waals surface area contributed by atoms with Crippen molar-refractivity contribution in [1.29, 1.82) is 0 Å². The van der Waals surface area contributed by atoms with Gasteiger partial charge in [0.15, 0.2) is 0 Å². The van der Waals surface area contributed by atoms with E-state index in [9.17, 15) is 14.7 Å². The third kappa shape index (κ3) is 8.47. The average molecular weight is 525 g/mol. The molecular formula is C23H33N4O6PS. The number of rotatable bonds is 13. The largest absolute Gasteiger partial charge is 0.464 e. The van der Waals surface area contributed by atoms with Gasteiger partial charge in [0.2, 0.25) is 0 Å². The van der Waals surface area contributed by atoms with Crippen LogP contribution in [0.25, 0.3) is 0 Å². The van der Waals surface area contributed by atoms with Crippen LogP contribution in [0.1, 0.15) is 38.5 Å². The standard InChI is InChI=1S/C23H33N4O6PS/c1-3-16(4-2)14-31-21(29)13-25-34(33-17-8-6-5-7-9-17)32-15-18-12-19(28)22(35-18)27-11-10-20(24)26-23(27)30/h5-11,16,18-19,22,25,28H,3-4,12-15H2,1-2H3,(H2,24,26,30). The Bertz CT molecular complexity index is 993. The van der Waals surface area contributed by atoms with E-state index in [0.717, 1.165) is 12.8 Å². The molecule has 4 atom stereocenters. The Balaban J connectivity index is 1.56. The minimum atomic E-state index is -1.66. The van der Waals surface area contributed by atoms with Gasteiger partial charge in [-0.05, 0) is 30.5 Å². The molecule has 0 saturated carbocycles. The monoisotopic (exact) mass is 524 g/mol. The number of aliphatic hydroxyl groups excluding tert-OH is 1. The predicted octanol–water partition coefficient (Wildman–Crippen LogP) is 3.08. The molecule has 4 unspecified atom stereocenters. The van der Waals surface area contributed by atoms with Gasteiger partial charge in [0.25, 0.3) is 0 Å². The highest BCUT2D eigenvalue weighted by molar-refractivity contribution is 8.00. The van der Waals surface area contributed by atoms with Crippen molar-refractivity contribution >= 4 is 32.1 Å². The van der Waals surface area contributed by atoms with E-state index in [4.69, 9.17) is 19.5 Å². The molecule has 2 heterocycles. The molecule has 10 nitrogen and oxygen atoms in total. The van der Waals surface area contributed by atoms with Gasteiger partial charge in [-0.25, -0.2) is 9.88 Å². The first-order valence-corrected chi connectivity index (χ1v) is 13.7. The average Bonchev–Trinajstić information content (AvgIpc) is 3.22. The Morgan fingerprint density at radius 1 is 1.31 bits per heavy atom. The van der Waals surface area contributed by atoms with Gasteiger partial charge < -0.3 is 24.6 Å². The zero-order valence-corrected chi connectivity index (χ0v) is 21.6. The normalized spacial score (nSPS) is 20.6. The lowest BCUT2D eigenvalue weighted by Crippen LogP contribution is -2.29. The highest BCUT2D eigenvalue weighted by atomic mass is 32.2. The number of carbonyl (C=O) groups excluding carboxylic acids is 1. The van der Waals surface area contributed by atoms with E-state index in [-0.39, 0.29) is 30.2 Å². The van der Waals surface area contributed by atoms with Crippen LogP contribution in [-0.4, -0.2) is 51.7 Å². The van der Waals surface area contributed by atoms with Crippen LogP contribution in [0, 0.1) is 5.92 Å². The van der Waals surface area contributed by atoms with Crippen molar-refractivity contribution in [3.05, 3.63) is 53.1 Å². The molecule has 12 heteroatoms. The maximum atomic E-state index is 12.2. The van der Waals surface area contributed by atoms with Crippen molar-refractivity contribution in [3.8, 4) is 5.75 Å². The van der Waals surface area contributed by atoms with Crippen molar-refractivity contribution in [2.45, 2.75) is 49.8 Å². The molecule has 0 radical (unpaired) electrons. The van der Waals surface area contributed by atoms with Crippen LogP contribution in [0.4, 0.5) is 5.82 Å². The first-order valence-electron chi connectivity index (χ1n) is 11.6. The number of hydrogen-bond acceptors (Lipinski definition) is 10. The van der Waals surface area contributed by atoms with Crippen molar-refractivity contribution in [1.82, 2.24) is 14.6 Å². The Morgan fingerprint density at radius 3 is 2.74 bits per heavy atom. The number of ether oxygens (including phenoxy) is 1. The summed E-state index contributed by atoms with van der Waals surface area (Å²) < 4.78 is 18.7. The van der Waals surface area contributed by atoms with Gasteiger partial charge >= 0.3 is 20.2 Å². The summed E-state index contributed by atoms with van der Waals surface area (Å²) in [5, 5.41) is 13.0. The van der Waals surface area contributed by atoms with Crippen molar-refractivity contribution in [2.24, 2.45) is 5.92 Å². The highest BCUT2D eigenvalue weighted by Crippen LogP contribution is 2.43. The van der Waals surface area contributed by atoms with E-state index in [1.165, 1.54) is 28.6 Å². The molecule has 1 fully saturated rings. The maximum absolute atomic E-state index is 12.2. The molecule has 1 aromatic heterocycles. The molecule has 35 heavy (non-hydrogen) atoms. The maximum Gasteiger partial charge on any atom is 0.350 e. The van der Waals surface area contributed by atoms with Crippen LogP contribution in [-0.2, 0) is 14.1 Å². The number of nitrogens with zero attached hydrogens (tertiary/aromatic N) is 2. The van der Waals surface area contributed by atoms with E-state index in [2.05, 4.69) is 23.9 Å². The highest BCUT2D eigenvalue weighted by Gasteiger charge is 2.36. The minimum absolute atomic E-state index is 0.0474. The van der Waals surface area contributed by atoms with Crippen LogP contribution < -0.4 is 21.0 Å². The summed E-state index contributed by atoms with van der Waals surface area (Å²) in [5.41, 5.74) is 5.06. The quantitative estimate of drug-likeness (QED) is 0.265. The van der Waals surface area contributed by atoms with E-state index in [1.54, 1.807) is 12.1 Å². The summed E-state index contributed by atoms with van der Waals surface area (Å²) >= 11 is 1.42. The first kappa shape index (κ1) is 27.4. The molecule has 0 aliphatic carbocycles. The minimum Gasteiger partial charge on any atom is -0.464 e. The van der Waals surface area contributed by atoms with Gasteiger partial charge in [0.05, 0.1) is 19.3 Å². The second-order valence-corrected chi connectivity index (χ2v) is 10.8. The van der Waals surface area contributed by atoms with E-state index in [1.807, 2.05) is 18.2 Å². The summed E-state index contributed by atoms with van der Waals surface area (Å²) in [6.07, 6.45) is 3.13. The fraction of sp³-hybridized carbons (Fsp3) is 0.522. The number of aromatic nitrogens is 2. The van der Waals surface area contributed by atoms with Gasteiger partial charge in [-0.2, -0.15) is 4.98 Å². The van der Waals surface area contributed by atoms with E-state index < -0.39 is 25.7 Å². The van der Waals surface area contributed by atoms with Gasteiger partial charge in [-0.1, -0.05) is 44.9 Å². The Morgan fingerprint density at radius 2 is 2.06 bits per heavy atom. The molecule has 1 saturated heterocycles. The van der Waals surface area contributed by atoms with Crippen LogP contribution in [0.5, 0.6) is 5.75 Å².